The zero-order valence-corrected chi connectivity index (χ0v) is 19.2. The predicted octanol–water partition coefficient (Wildman–Crippen LogP) is 5.04. The predicted molar refractivity (Wildman–Crippen MR) is 129 cm³/mol. The van der Waals surface area contributed by atoms with Crippen molar-refractivity contribution in [2.75, 3.05) is 18.1 Å². The average molecular weight is 456 g/mol. The summed E-state index contributed by atoms with van der Waals surface area (Å²) in [6, 6.07) is 15.3. The molecule has 1 unspecified atom stereocenters. The topological polar surface area (TPSA) is 81.9 Å². The molecule has 7 heteroatoms. The molecule has 0 aliphatic carbocycles. The molecule has 0 spiro atoms. The van der Waals surface area contributed by atoms with E-state index in [4.69, 9.17) is 13.9 Å². The van der Waals surface area contributed by atoms with Crippen molar-refractivity contribution < 1.29 is 18.7 Å². The number of amides is 1. The highest BCUT2D eigenvalue weighted by molar-refractivity contribution is 6.10. The highest BCUT2D eigenvalue weighted by Gasteiger charge is 2.44. The average Bonchev–Trinajstić information content (AvgIpc) is 3.14. The first kappa shape index (κ1) is 21.7. The standard InChI is InChI=1S/C27H24N2O5/c1-4-32-20-12-11-17(14-21(20)33-5-2)24-23-25(30)18-8-6-7-9-19(18)34-26(23)27(31)29(24)22-13-10-16(3)15-28-22/h6-15,24H,4-5H2,1-3H3. The number of nitrogens with zero attached hydrogens (tertiary/aromatic N) is 2. The summed E-state index contributed by atoms with van der Waals surface area (Å²) in [7, 11) is 0. The van der Waals surface area contributed by atoms with E-state index in [2.05, 4.69) is 4.98 Å². The maximum atomic E-state index is 13.6. The third-order valence-corrected chi connectivity index (χ3v) is 5.80. The maximum absolute atomic E-state index is 13.6. The Morgan fingerprint density at radius 1 is 0.971 bits per heavy atom. The number of aromatic nitrogens is 1. The molecule has 0 saturated heterocycles. The quantitative estimate of drug-likeness (QED) is 0.404. The highest BCUT2D eigenvalue weighted by Crippen LogP contribution is 2.42. The van der Waals surface area contributed by atoms with Crippen molar-refractivity contribution in [3.8, 4) is 11.5 Å². The second-order valence-electron chi connectivity index (χ2n) is 8.01. The maximum Gasteiger partial charge on any atom is 0.296 e. The second-order valence-corrected chi connectivity index (χ2v) is 8.01. The summed E-state index contributed by atoms with van der Waals surface area (Å²) in [5.41, 5.74) is 2.08. The van der Waals surface area contributed by atoms with Gasteiger partial charge < -0.3 is 13.9 Å². The zero-order chi connectivity index (χ0) is 23.8. The number of carbonyl (C=O) groups excluding carboxylic acids is 1. The molecule has 0 radical (unpaired) electrons. The first-order chi connectivity index (χ1) is 16.5. The lowest BCUT2D eigenvalue weighted by Gasteiger charge is -2.25. The van der Waals surface area contributed by atoms with E-state index in [1.54, 1.807) is 42.6 Å². The van der Waals surface area contributed by atoms with Crippen LogP contribution in [0.4, 0.5) is 5.82 Å². The van der Waals surface area contributed by atoms with Gasteiger partial charge in [0.1, 0.15) is 11.4 Å². The van der Waals surface area contributed by atoms with E-state index in [-0.39, 0.29) is 16.8 Å². The summed E-state index contributed by atoms with van der Waals surface area (Å²) in [6.45, 7) is 6.64. The van der Waals surface area contributed by atoms with Gasteiger partial charge >= 0.3 is 0 Å². The van der Waals surface area contributed by atoms with Crippen LogP contribution >= 0.6 is 0 Å². The molecule has 3 heterocycles. The molecule has 1 atom stereocenters. The molecule has 34 heavy (non-hydrogen) atoms. The molecule has 0 fully saturated rings. The number of hydrogen-bond acceptors (Lipinski definition) is 6. The Hall–Kier alpha value is -4.13. The number of aryl methyl sites for hydroxylation is 1. The lowest BCUT2D eigenvalue weighted by atomic mass is 9.98. The van der Waals surface area contributed by atoms with Crippen molar-refractivity contribution in [3.63, 3.8) is 0 Å². The van der Waals surface area contributed by atoms with Crippen molar-refractivity contribution in [2.45, 2.75) is 26.8 Å². The van der Waals surface area contributed by atoms with E-state index in [9.17, 15) is 9.59 Å². The fourth-order valence-corrected chi connectivity index (χ4v) is 4.31. The Morgan fingerprint density at radius 2 is 1.74 bits per heavy atom. The summed E-state index contributed by atoms with van der Waals surface area (Å²) in [6.07, 6.45) is 1.69. The smallest absolute Gasteiger partial charge is 0.296 e. The van der Waals surface area contributed by atoms with Gasteiger partial charge in [0.15, 0.2) is 16.9 Å². The van der Waals surface area contributed by atoms with E-state index >= 15 is 0 Å². The van der Waals surface area contributed by atoms with E-state index in [0.717, 1.165) is 5.56 Å². The summed E-state index contributed by atoms with van der Waals surface area (Å²) < 4.78 is 17.5. The van der Waals surface area contributed by atoms with Gasteiger partial charge in [-0.15, -0.1) is 0 Å². The van der Waals surface area contributed by atoms with E-state index in [1.807, 2.05) is 39.0 Å². The molecular formula is C27H24N2O5. The van der Waals surface area contributed by atoms with E-state index in [0.29, 0.717) is 47.1 Å². The van der Waals surface area contributed by atoms with Gasteiger partial charge in [0.25, 0.3) is 5.91 Å². The Kier molecular flexibility index (Phi) is 5.53. The van der Waals surface area contributed by atoms with Crippen LogP contribution in [-0.2, 0) is 0 Å². The van der Waals surface area contributed by atoms with Crippen LogP contribution < -0.4 is 19.8 Å². The molecule has 2 aromatic heterocycles. The van der Waals surface area contributed by atoms with Crippen LogP contribution in [0.15, 0.2) is 70.0 Å². The first-order valence-electron chi connectivity index (χ1n) is 11.2. The number of hydrogen-bond donors (Lipinski definition) is 0. The molecule has 4 aromatic rings. The number of fused-ring (bicyclic) bond motifs is 2. The van der Waals surface area contributed by atoms with Crippen molar-refractivity contribution in [1.82, 2.24) is 4.98 Å². The van der Waals surface area contributed by atoms with Gasteiger partial charge in [-0.25, -0.2) is 4.98 Å². The van der Waals surface area contributed by atoms with Gasteiger partial charge in [0.05, 0.1) is 30.2 Å². The van der Waals surface area contributed by atoms with Crippen LogP contribution in [0.1, 0.15) is 47.1 Å². The van der Waals surface area contributed by atoms with Crippen LogP contribution in [0.25, 0.3) is 11.0 Å². The Labute approximate surface area is 196 Å². The normalized spacial score (nSPS) is 15.0. The molecule has 5 rings (SSSR count). The van der Waals surface area contributed by atoms with Crippen LogP contribution in [0, 0.1) is 6.92 Å². The van der Waals surface area contributed by atoms with Crippen molar-refractivity contribution in [2.24, 2.45) is 0 Å². The molecule has 2 aromatic carbocycles. The minimum absolute atomic E-state index is 0.0305. The van der Waals surface area contributed by atoms with E-state index in [1.165, 1.54) is 4.90 Å². The molecule has 0 saturated carbocycles. The molecule has 1 aliphatic heterocycles. The number of pyridine rings is 1. The van der Waals surface area contributed by atoms with Gasteiger partial charge in [-0.3, -0.25) is 14.5 Å². The van der Waals surface area contributed by atoms with Crippen LogP contribution in [-0.4, -0.2) is 24.1 Å². The third kappa shape index (κ3) is 3.50. The van der Waals surface area contributed by atoms with Gasteiger partial charge in [0.2, 0.25) is 5.76 Å². The summed E-state index contributed by atoms with van der Waals surface area (Å²) in [5.74, 6) is 1.20. The fraction of sp³-hybridized carbons (Fsp3) is 0.222. The number of para-hydroxylation sites is 1. The first-order valence-corrected chi connectivity index (χ1v) is 11.2. The molecule has 0 N–H and O–H groups in total. The van der Waals surface area contributed by atoms with E-state index < -0.39 is 11.9 Å². The molecule has 172 valence electrons. The Bertz CT molecular complexity index is 1440. The summed E-state index contributed by atoms with van der Waals surface area (Å²) in [4.78, 5) is 33.3. The van der Waals surface area contributed by atoms with Crippen molar-refractivity contribution >= 4 is 22.7 Å². The van der Waals surface area contributed by atoms with Crippen LogP contribution in [0.3, 0.4) is 0 Å². The van der Waals surface area contributed by atoms with Crippen molar-refractivity contribution in [1.29, 1.82) is 0 Å². The lowest BCUT2D eigenvalue weighted by Crippen LogP contribution is -2.30. The number of rotatable bonds is 6. The lowest BCUT2D eigenvalue weighted by molar-refractivity contribution is 0.0970. The summed E-state index contributed by atoms with van der Waals surface area (Å²) in [5, 5.41) is 0.425. The fourth-order valence-electron chi connectivity index (χ4n) is 4.31. The van der Waals surface area contributed by atoms with Crippen molar-refractivity contribution in [3.05, 3.63) is 93.5 Å². The summed E-state index contributed by atoms with van der Waals surface area (Å²) >= 11 is 0. The van der Waals surface area contributed by atoms with Crippen LogP contribution in [0.5, 0.6) is 11.5 Å². The molecule has 7 nitrogen and oxygen atoms in total. The third-order valence-electron chi connectivity index (χ3n) is 5.80. The number of ether oxygens (including phenoxy) is 2. The molecule has 1 aliphatic rings. The molecule has 1 amide bonds. The number of carbonyl (C=O) groups is 1. The van der Waals surface area contributed by atoms with Gasteiger partial charge in [0, 0.05) is 6.20 Å². The van der Waals surface area contributed by atoms with Gasteiger partial charge in [-0.1, -0.05) is 24.3 Å². The SMILES string of the molecule is CCOc1ccc(C2c3c(oc4ccccc4c3=O)C(=O)N2c2ccc(C)cn2)cc1OCC. The monoisotopic (exact) mass is 456 g/mol. The molecule has 0 bridgehead atoms. The zero-order valence-electron chi connectivity index (χ0n) is 19.2. The largest absolute Gasteiger partial charge is 0.490 e. The van der Waals surface area contributed by atoms with Gasteiger partial charge in [-0.05, 0) is 62.2 Å². The Balaban J connectivity index is 1.76. The number of benzene rings is 2. The Morgan fingerprint density at radius 3 is 2.47 bits per heavy atom. The van der Waals surface area contributed by atoms with Gasteiger partial charge in [-0.2, -0.15) is 0 Å². The number of anilines is 1. The molecular weight excluding hydrogens is 432 g/mol. The highest BCUT2D eigenvalue weighted by atomic mass is 16.5. The minimum atomic E-state index is -0.728. The second kappa shape index (κ2) is 8.67. The minimum Gasteiger partial charge on any atom is -0.490 e. The van der Waals surface area contributed by atoms with Crippen LogP contribution in [0.2, 0.25) is 0 Å².